The van der Waals surface area contributed by atoms with Crippen LogP contribution >= 0.6 is 11.8 Å². The van der Waals surface area contributed by atoms with Crippen molar-refractivity contribution in [1.29, 1.82) is 0 Å². The van der Waals surface area contributed by atoms with Crippen LogP contribution in [0.5, 0.6) is 0 Å². The molecule has 0 heterocycles. The molecular formula is C16H21NS. The van der Waals surface area contributed by atoms with Crippen LogP contribution in [0.1, 0.15) is 17.7 Å². The molecule has 0 spiro atoms. The monoisotopic (exact) mass is 259 g/mol. The third kappa shape index (κ3) is 3.27. The van der Waals surface area contributed by atoms with Gasteiger partial charge in [-0.3, -0.25) is 0 Å². The Morgan fingerprint density at radius 3 is 2.22 bits per heavy atom. The Bertz CT molecular complexity index is 410. The lowest BCUT2D eigenvalue weighted by molar-refractivity contribution is 0.308. The maximum Gasteiger partial charge on any atom is 0.0458 e. The number of likely N-dealkylation sites (N-methyl/N-ethyl adjacent to an activating group) is 1. The Labute approximate surface area is 115 Å². The van der Waals surface area contributed by atoms with Gasteiger partial charge in [0, 0.05) is 16.5 Å². The smallest absolute Gasteiger partial charge is 0.0458 e. The molecule has 0 saturated carbocycles. The van der Waals surface area contributed by atoms with E-state index in [1.165, 1.54) is 5.56 Å². The maximum absolute atomic E-state index is 2.30. The topological polar surface area (TPSA) is 3.24 Å². The Balaban J connectivity index is 2.17. The standard InChI is InChI=1S/C16H21NS/c1-13(17(2)3)16(14-9-5-4-6-10-14)18-15-11-7-8-12-15/h4-13,15-16H,1-3H3/t13-,16-/m0/s1. The first kappa shape index (κ1) is 13.4. The van der Waals surface area contributed by atoms with Gasteiger partial charge >= 0.3 is 0 Å². The normalized spacial score (nSPS) is 18.4. The highest BCUT2D eigenvalue weighted by atomic mass is 32.2. The summed E-state index contributed by atoms with van der Waals surface area (Å²) in [6.07, 6.45) is 8.81. The van der Waals surface area contributed by atoms with Crippen molar-refractivity contribution in [2.75, 3.05) is 14.1 Å². The van der Waals surface area contributed by atoms with Gasteiger partial charge in [-0.2, -0.15) is 0 Å². The van der Waals surface area contributed by atoms with Crippen LogP contribution in [0.25, 0.3) is 0 Å². The first-order chi connectivity index (χ1) is 8.68. The van der Waals surface area contributed by atoms with Gasteiger partial charge in [-0.1, -0.05) is 54.6 Å². The van der Waals surface area contributed by atoms with Crippen molar-refractivity contribution in [3.8, 4) is 0 Å². The molecule has 1 aromatic rings. The predicted octanol–water partition coefficient (Wildman–Crippen LogP) is 3.91. The third-order valence-corrected chi connectivity index (χ3v) is 4.99. The number of rotatable bonds is 5. The zero-order valence-corrected chi connectivity index (χ0v) is 12.1. The summed E-state index contributed by atoms with van der Waals surface area (Å²) in [6, 6.07) is 11.3. The fourth-order valence-corrected chi connectivity index (χ4v) is 3.54. The van der Waals surface area contributed by atoms with E-state index in [0.717, 1.165) is 0 Å². The van der Waals surface area contributed by atoms with Gasteiger partial charge in [0.2, 0.25) is 0 Å². The molecule has 1 aromatic carbocycles. The van der Waals surface area contributed by atoms with Crippen molar-refractivity contribution in [3.63, 3.8) is 0 Å². The molecule has 96 valence electrons. The molecule has 1 aliphatic rings. The van der Waals surface area contributed by atoms with Gasteiger partial charge in [0.25, 0.3) is 0 Å². The number of allylic oxidation sites excluding steroid dienone is 2. The van der Waals surface area contributed by atoms with Gasteiger partial charge in [0.1, 0.15) is 0 Å². The van der Waals surface area contributed by atoms with Gasteiger partial charge < -0.3 is 4.90 Å². The summed E-state index contributed by atoms with van der Waals surface area (Å²) in [6.45, 7) is 2.30. The van der Waals surface area contributed by atoms with Crippen molar-refractivity contribution in [1.82, 2.24) is 4.90 Å². The highest BCUT2D eigenvalue weighted by Crippen LogP contribution is 2.38. The summed E-state index contributed by atoms with van der Waals surface area (Å²) in [5.74, 6) is 0. The van der Waals surface area contributed by atoms with Crippen molar-refractivity contribution in [2.45, 2.75) is 23.5 Å². The van der Waals surface area contributed by atoms with Gasteiger partial charge in [-0.05, 0) is 26.6 Å². The second-order valence-electron chi connectivity index (χ2n) is 4.91. The van der Waals surface area contributed by atoms with Crippen molar-refractivity contribution in [2.24, 2.45) is 0 Å². The van der Waals surface area contributed by atoms with Crippen LogP contribution in [0, 0.1) is 0 Å². The Morgan fingerprint density at radius 1 is 1.06 bits per heavy atom. The SMILES string of the molecule is C[C@@H]([C@H](SC1C=CC=C1)c1ccccc1)N(C)C. The second-order valence-corrected chi connectivity index (χ2v) is 6.23. The largest absolute Gasteiger partial charge is 0.305 e. The van der Waals surface area contributed by atoms with Gasteiger partial charge in [0.15, 0.2) is 0 Å². The Morgan fingerprint density at radius 2 is 1.67 bits per heavy atom. The molecule has 0 N–H and O–H groups in total. The van der Waals surface area contributed by atoms with E-state index in [1.807, 2.05) is 11.8 Å². The lowest BCUT2D eigenvalue weighted by Gasteiger charge is -2.30. The number of hydrogen-bond acceptors (Lipinski definition) is 2. The molecule has 0 aliphatic heterocycles. The minimum Gasteiger partial charge on any atom is -0.305 e. The molecule has 0 amide bonds. The van der Waals surface area contributed by atoms with Crippen molar-refractivity contribution < 1.29 is 0 Å². The van der Waals surface area contributed by atoms with Crippen LogP contribution in [0.15, 0.2) is 54.6 Å². The first-order valence-corrected chi connectivity index (χ1v) is 7.34. The van der Waals surface area contributed by atoms with E-state index in [2.05, 4.69) is 80.6 Å². The quantitative estimate of drug-likeness (QED) is 0.789. The van der Waals surface area contributed by atoms with E-state index < -0.39 is 0 Å². The van der Waals surface area contributed by atoms with E-state index in [9.17, 15) is 0 Å². The lowest BCUT2D eigenvalue weighted by atomic mass is 10.1. The highest BCUT2D eigenvalue weighted by Gasteiger charge is 2.24. The van der Waals surface area contributed by atoms with Crippen LogP contribution < -0.4 is 0 Å². The van der Waals surface area contributed by atoms with E-state index in [-0.39, 0.29) is 0 Å². The molecule has 0 bridgehead atoms. The average Bonchev–Trinajstić information content (AvgIpc) is 2.89. The Kier molecular flexibility index (Phi) is 4.67. The first-order valence-electron chi connectivity index (χ1n) is 6.40. The van der Waals surface area contributed by atoms with E-state index in [4.69, 9.17) is 0 Å². The molecule has 0 saturated heterocycles. The van der Waals surface area contributed by atoms with E-state index in [1.54, 1.807) is 0 Å². The number of thioether (sulfide) groups is 1. The minimum atomic E-state index is 0.499. The van der Waals surface area contributed by atoms with E-state index in [0.29, 0.717) is 16.5 Å². The molecule has 2 rings (SSSR count). The molecule has 0 radical (unpaired) electrons. The van der Waals surface area contributed by atoms with Crippen LogP contribution in [0.4, 0.5) is 0 Å². The zero-order valence-electron chi connectivity index (χ0n) is 11.3. The molecule has 2 heteroatoms. The highest BCUT2D eigenvalue weighted by molar-refractivity contribution is 8.00. The number of nitrogens with zero attached hydrogens (tertiary/aromatic N) is 1. The molecule has 1 nitrogen and oxygen atoms in total. The summed E-state index contributed by atoms with van der Waals surface area (Å²) >= 11 is 2.03. The fraction of sp³-hybridized carbons (Fsp3) is 0.375. The molecule has 2 atom stereocenters. The van der Waals surface area contributed by atoms with E-state index >= 15 is 0 Å². The molecule has 0 aromatic heterocycles. The molecule has 0 fully saturated rings. The molecular weight excluding hydrogens is 238 g/mol. The second kappa shape index (κ2) is 6.26. The van der Waals surface area contributed by atoms with Crippen molar-refractivity contribution >= 4 is 11.8 Å². The number of hydrogen-bond donors (Lipinski definition) is 0. The lowest BCUT2D eigenvalue weighted by Crippen LogP contribution is -2.30. The average molecular weight is 259 g/mol. The number of benzene rings is 1. The Hall–Kier alpha value is -0.990. The van der Waals surface area contributed by atoms with Gasteiger partial charge in [0.05, 0.1) is 0 Å². The predicted molar refractivity (Wildman–Crippen MR) is 82.0 cm³/mol. The summed E-state index contributed by atoms with van der Waals surface area (Å²) < 4.78 is 0. The third-order valence-electron chi connectivity index (χ3n) is 3.40. The van der Waals surface area contributed by atoms with Crippen LogP contribution in [-0.4, -0.2) is 30.3 Å². The molecule has 1 aliphatic carbocycles. The minimum absolute atomic E-state index is 0.499. The van der Waals surface area contributed by atoms with Crippen LogP contribution in [0.2, 0.25) is 0 Å². The molecule has 18 heavy (non-hydrogen) atoms. The summed E-state index contributed by atoms with van der Waals surface area (Å²) in [5, 5.41) is 1.01. The zero-order chi connectivity index (χ0) is 13.0. The van der Waals surface area contributed by atoms with Crippen LogP contribution in [0.3, 0.4) is 0 Å². The molecule has 0 unspecified atom stereocenters. The van der Waals surface area contributed by atoms with Crippen LogP contribution in [-0.2, 0) is 0 Å². The summed E-state index contributed by atoms with van der Waals surface area (Å²) in [4.78, 5) is 2.30. The maximum atomic E-state index is 2.30. The van der Waals surface area contributed by atoms with Crippen molar-refractivity contribution in [3.05, 3.63) is 60.2 Å². The van der Waals surface area contributed by atoms with Gasteiger partial charge in [-0.15, -0.1) is 11.8 Å². The fourth-order valence-electron chi connectivity index (χ4n) is 2.06. The summed E-state index contributed by atoms with van der Waals surface area (Å²) in [5.41, 5.74) is 1.41. The van der Waals surface area contributed by atoms with Gasteiger partial charge in [-0.25, -0.2) is 0 Å². The summed E-state index contributed by atoms with van der Waals surface area (Å²) in [7, 11) is 4.31.